The van der Waals surface area contributed by atoms with Gasteiger partial charge >= 0.3 is 0 Å². The van der Waals surface area contributed by atoms with Crippen LogP contribution in [-0.4, -0.2) is 45.0 Å². The van der Waals surface area contributed by atoms with E-state index in [1.54, 1.807) is 17.5 Å². The van der Waals surface area contributed by atoms with Crippen LogP contribution in [0.25, 0.3) is 0 Å². The quantitative estimate of drug-likeness (QED) is 0.285. The maximum atomic E-state index is 13.3. The molecule has 0 N–H and O–H groups in total. The molecule has 0 unspecified atom stereocenters. The van der Waals surface area contributed by atoms with Crippen LogP contribution >= 0.6 is 11.3 Å². The number of non-ortho nitro benzene ring substituents is 1. The zero-order chi connectivity index (χ0) is 23.0. The Labute approximate surface area is 187 Å². The molecule has 3 amide bonds. The van der Waals surface area contributed by atoms with E-state index in [0.29, 0.717) is 23.6 Å². The minimum absolute atomic E-state index is 0.0402. The molecule has 3 atom stereocenters. The number of imide groups is 1. The van der Waals surface area contributed by atoms with Gasteiger partial charge in [-0.05, 0) is 48.8 Å². The van der Waals surface area contributed by atoms with Crippen LogP contribution in [0.2, 0.25) is 0 Å². The number of thiophene rings is 1. The number of hydrazine groups is 1. The lowest BCUT2D eigenvalue weighted by atomic mass is 9.76. The number of hydrogen-bond acceptors (Lipinski definition) is 7. The molecular weight excluding hydrogens is 434 g/mol. The van der Waals surface area contributed by atoms with Crippen molar-refractivity contribution >= 4 is 40.5 Å². The summed E-state index contributed by atoms with van der Waals surface area (Å²) in [6.45, 7) is 1.54. The second kappa shape index (κ2) is 8.62. The largest absolute Gasteiger partial charge is 0.291 e. The molecule has 2 heterocycles. The van der Waals surface area contributed by atoms with Gasteiger partial charge in [-0.25, -0.2) is 5.01 Å². The smallest absolute Gasteiger partial charge is 0.273 e. The molecule has 9 nitrogen and oxygen atoms in total. The first-order valence-electron chi connectivity index (χ1n) is 10.3. The summed E-state index contributed by atoms with van der Waals surface area (Å²) in [6, 6.07) is 8.15. The summed E-state index contributed by atoms with van der Waals surface area (Å²) in [5, 5.41) is 14.4. The van der Waals surface area contributed by atoms with Crippen LogP contribution in [-0.2, 0) is 9.59 Å². The fourth-order valence-corrected chi connectivity index (χ4v) is 5.03. The topological polar surface area (TPSA) is 118 Å². The summed E-state index contributed by atoms with van der Waals surface area (Å²) >= 11 is 1.20. The van der Waals surface area contributed by atoms with Crippen LogP contribution in [0.3, 0.4) is 0 Å². The van der Waals surface area contributed by atoms with Crippen LogP contribution in [0.15, 0.2) is 41.8 Å². The monoisotopic (exact) mass is 455 g/mol. The Morgan fingerprint density at radius 3 is 2.44 bits per heavy atom. The van der Waals surface area contributed by atoms with Crippen molar-refractivity contribution in [1.82, 2.24) is 10.0 Å². The zero-order valence-corrected chi connectivity index (χ0v) is 18.1. The fourth-order valence-electron chi connectivity index (χ4n) is 4.37. The molecule has 1 saturated heterocycles. The molecule has 2 aromatic rings. The van der Waals surface area contributed by atoms with E-state index in [1.165, 1.54) is 35.6 Å². The predicted octanol–water partition coefficient (Wildman–Crippen LogP) is 3.32. The number of fused-ring (bicyclic) bond motifs is 1. The van der Waals surface area contributed by atoms with Crippen molar-refractivity contribution in [2.75, 3.05) is 6.54 Å². The lowest BCUT2D eigenvalue weighted by Crippen LogP contribution is -2.52. The van der Waals surface area contributed by atoms with Crippen molar-refractivity contribution < 1.29 is 24.1 Å². The van der Waals surface area contributed by atoms with Gasteiger partial charge in [-0.1, -0.05) is 13.0 Å². The maximum Gasteiger partial charge on any atom is 0.273 e. The number of amides is 3. The van der Waals surface area contributed by atoms with Gasteiger partial charge in [-0.2, -0.15) is 5.01 Å². The van der Waals surface area contributed by atoms with Crippen molar-refractivity contribution in [2.45, 2.75) is 26.2 Å². The van der Waals surface area contributed by atoms with E-state index in [4.69, 9.17) is 0 Å². The summed E-state index contributed by atoms with van der Waals surface area (Å²) in [5.41, 5.74) is -0.158. The molecule has 2 aliphatic rings. The lowest BCUT2D eigenvalue weighted by Gasteiger charge is -2.30. The summed E-state index contributed by atoms with van der Waals surface area (Å²) in [6.07, 6.45) is 1.94. The number of ketones is 1. The third-order valence-corrected chi connectivity index (χ3v) is 6.97. The maximum absolute atomic E-state index is 13.3. The molecule has 10 heteroatoms. The lowest BCUT2D eigenvalue weighted by molar-refractivity contribution is -0.384. The Morgan fingerprint density at radius 1 is 1.12 bits per heavy atom. The Balaban J connectivity index is 1.68. The van der Waals surface area contributed by atoms with Gasteiger partial charge in [0.15, 0.2) is 5.78 Å². The normalized spacial score (nSPS) is 22.5. The summed E-state index contributed by atoms with van der Waals surface area (Å²) < 4.78 is 0. The molecule has 166 valence electrons. The van der Waals surface area contributed by atoms with E-state index < -0.39 is 46.8 Å². The molecule has 4 rings (SSSR count). The van der Waals surface area contributed by atoms with E-state index in [0.717, 1.165) is 16.4 Å². The van der Waals surface area contributed by atoms with Crippen molar-refractivity contribution in [2.24, 2.45) is 17.8 Å². The first-order chi connectivity index (χ1) is 15.3. The van der Waals surface area contributed by atoms with Crippen molar-refractivity contribution in [3.05, 3.63) is 62.3 Å². The first kappa shape index (κ1) is 21.8. The standard InChI is InChI=1S/C22H21N3O6S/c1-13-4-9-16-17(11-13)22(29)24(21(16)28)23(12-18(26)19-3-2-10-32-19)20(27)14-5-7-15(8-6-14)25(30)31/h2-3,5-8,10,13,16-17H,4,9,11-12H2,1H3/t13-,16+,17+/m1/s1. The van der Waals surface area contributed by atoms with Crippen LogP contribution in [0.1, 0.15) is 46.2 Å². The molecule has 1 saturated carbocycles. The van der Waals surface area contributed by atoms with Gasteiger partial charge in [-0.15, -0.1) is 11.3 Å². The molecular formula is C22H21N3O6S. The van der Waals surface area contributed by atoms with Gasteiger partial charge in [0.25, 0.3) is 23.4 Å². The van der Waals surface area contributed by atoms with E-state index in [2.05, 4.69) is 0 Å². The van der Waals surface area contributed by atoms with Crippen molar-refractivity contribution in [1.29, 1.82) is 0 Å². The Hall–Kier alpha value is -3.40. The Bertz CT molecular complexity index is 1080. The molecule has 1 aliphatic carbocycles. The Kier molecular flexibility index (Phi) is 5.88. The van der Waals surface area contributed by atoms with Crippen LogP contribution in [0.5, 0.6) is 0 Å². The number of rotatable bonds is 6. The highest BCUT2D eigenvalue weighted by atomic mass is 32.1. The SMILES string of the molecule is C[C@@H]1CC[C@@H]2C(=O)N(N(CC(=O)c3cccs3)C(=O)c3ccc([N+](=O)[O-])cc3)C(=O)[C@H]2C1. The van der Waals surface area contributed by atoms with Gasteiger partial charge in [0.2, 0.25) is 0 Å². The average molecular weight is 455 g/mol. The molecule has 1 aliphatic heterocycles. The number of nitrogens with zero attached hydrogens (tertiary/aromatic N) is 3. The van der Waals surface area contributed by atoms with E-state index in [1.807, 2.05) is 6.92 Å². The second-order valence-corrected chi connectivity index (χ2v) is 9.13. The van der Waals surface area contributed by atoms with Crippen LogP contribution in [0.4, 0.5) is 5.69 Å². The highest BCUT2D eigenvalue weighted by molar-refractivity contribution is 7.12. The highest BCUT2D eigenvalue weighted by Gasteiger charge is 2.52. The molecule has 1 aromatic heterocycles. The fraction of sp³-hybridized carbons (Fsp3) is 0.364. The molecule has 1 aromatic carbocycles. The Morgan fingerprint density at radius 2 is 1.81 bits per heavy atom. The average Bonchev–Trinajstić information content (AvgIpc) is 3.40. The molecule has 2 fully saturated rings. The number of nitro groups is 1. The number of Topliss-reactive ketones (excluding diaryl/α,β-unsaturated/α-hetero) is 1. The van der Waals surface area contributed by atoms with Crippen molar-refractivity contribution in [3.63, 3.8) is 0 Å². The number of hydrogen-bond donors (Lipinski definition) is 0. The first-order valence-corrected chi connectivity index (χ1v) is 11.2. The third kappa shape index (κ3) is 3.93. The molecule has 0 bridgehead atoms. The van der Waals surface area contributed by atoms with Gasteiger partial charge in [0.05, 0.1) is 21.6 Å². The highest BCUT2D eigenvalue weighted by Crippen LogP contribution is 2.41. The summed E-state index contributed by atoms with van der Waals surface area (Å²) in [4.78, 5) is 63.2. The van der Waals surface area contributed by atoms with Gasteiger partial charge in [-0.3, -0.25) is 29.3 Å². The second-order valence-electron chi connectivity index (χ2n) is 8.19. The molecule has 0 radical (unpaired) electrons. The summed E-state index contributed by atoms with van der Waals surface area (Å²) in [7, 11) is 0. The van der Waals surface area contributed by atoms with Crippen LogP contribution < -0.4 is 0 Å². The minimum Gasteiger partial charge on any atom is -0.291 e. The third-order valence-electron chi connectivity index (χ3n) is 6.05. The number of carbonyl (C=O) groups excluding carboxylic acids is 4. The number of carbonyl (C=O) groups is 4. The van der Waals surface area contributed by atoms with E-state index in [-0.39, 0.29) is 11.3 Å². The van der Waals surface area contributed by atoms with E-state index >= 15 is 0 Å². The van der Waals surface area contributed by atoms with Crippen molar-refractivity contribution in [3.8, 4) is 0 Å². The number of benzene rings is 1. The van der Waals surface area contributed by atoms with Crippen LogP contribution in [0, 0.1) is 27.9 Å². The van der Waals surface area contributed by atoms with Gasteiger partial charge < -0.3 is 0 Å². The van der Waals surface area contributed by atoms with E-state index in [9.17, 15) is 29.3 Å². The molecule has 0 spiro atoms. The molecule has 32 heavy (non-hydrogen) atoms. The predicted molar refractivity (Wildman–Crippen MR) is 115 cm³/mol. The van der Waals surface area contributed by atoms with Gasteiger partial charge in [0, 0.05) is 17.7 Å². The summed E-state index contributed by atoms with van der Waals surface area (Å²) in [5.74, 6) is -2.79. The number of nitro benzene ring substituents is 1. The van der Waals surface area contributed by atoms with Gasteiger partial charge in [0.1, 0.15) is 6.54 Å². The zero-order valence-electron chi connectivity index (χ0n) is 17.3. The minimum atomic E-state index is -0.738.